The van der Waals surface area contributed by atoms with Crippen LogP contribution < -0.4 is 0 Å². The van der Waals surface area contributed by atoms with Gasteiger partial charge in [0.25, 0.3) is 0 Å². The molecule has 0 saturated heterocycles. The van der Waals surface area contributed by atoms with Crippen molar-refractivity contribution in [2.24, 2.45) is 5.92 Å². The number of hydrogen-bond donors (Lipinski definition) is 0. The molecule has 2 heterocycles. The fourth-order valence-electron chi connectivity index (χ4n) is 3.06. The highest BCUT2D eigenvalue weighted by atomic mass is 32.1. The molecule has 0 saturated carbocycles. The van der Waals surface area contributed by atoms with Crippen molar-refractivity contribution in [1.29, 1.82) is 0 Å². The van der Waals surface area contributed by atoms with E-state index in [4.69, 9.17) is 0 Å². The molecule has 0 fully saturated rings. The van der Waals surface area contributed by atoms with Crippen molar-refractivity contribution in [3.8, 4) is 0 Å². The number of carbonyl (C=O) groups excluding carboxylic acids is 1. The first-order chi connectivity index (χ1) is 8.77. The second kappa shape index (κ2) is 4.88. The maximum absolute atomic E-state index is 12.6. The lowest BCUT2D eigenvalue weighted by molar-refractivity contribution is -0.138. The van der Waals surface area contributed by atoms with E-state index in [-0.39, 0.29) is 12.0 Å². The first kappa shape index (κ1) is 12.0. The van der Waals surface area contributed by atoms with E-state index in [0.29, 0.717) is 5.91 Å². The average Bonchev–Trinajstić information content (AvgIpc) is 2.89. The quantitative estimate of drug-likeness (QED) is 0.708. The third kappa shape index (κ3) is 2.01. The number of nitrogens with zero attached hydrogens (tertiary/aromatic N) is 1. The van der Waals surface area contributed by atoms with E-state index in [1.165, 1.54) is 10.4 Å². The van der Waals surface area contributed by atoms with Gasteiger partial charge in [-0.3, -0.25) is 4.79 Å². The number of fused-ring (bicyclic) bond motifs is 1. The molecule has 96 valence electrons. The van der Waals surface area contributed by atoms with E-state index >= 15 is 0 Å². The zero-order valence-electron chi connectivity index (χ0n) is 10.8. The molecule has 2 atom stereocenters. The summed E-state index contributed by atoms with van der Waals surface area (Å²) >= 11 is 1.83. The van der Waals surface area contributed by atoms with E-state index in [1.54, 1.807) is 0 Å². The zero-order valence-corrected chi connectivity index (χ0v) is 11.6. The highest BCUT2D eigenvalue weighted by Gasteiger charge is 2.32. The summed E-state index contributed by atoms with van der Waals surface area (Å²) in [6, 6.07) is 2.45. The topological polar surface area (TPSA) is 20.3 Å². The van der Waals surface area contributed by atoms with Crippen molar-refractivity contribution in [2.45, 2.75) is 38.6 Å². The van der Waals surface area contributed by atoms with Gasteiger partial charge in [0.1, 0.15) is 0 Å². The van der Waals surface area contributed by atoms with Gasteiger partial charge in [0.05, 0.1) is 6.04 Å². The molecule has 2 unspecified atom stereocenters. The van der Waals surface area contributed by atoms with Crippen LogP contribution in [0.2, 0.25) is 0 Å². The minimum absolute atomic E-state index is 0.220. The Kier molecular flexibility index (Phi) is 3.25. The molecule has 0 spiro atoms. The van der Waals surface area contributed by atoms with Gasteiger partial charge in [-0.15, -0.1) is 11.3 Å². The van der Waals surface area contributed by atoms with E-state index in [0.717, 1.165) is 32.2 Å². The average molecular weight is 261 g/mol. The maximum atomic E-state index is 12.6. The van der Waals surface area contributed by atoms with Crippen LogP contribution in [0, 0.1) is 5.92 Å². The number of carbonyl (C=O) groups is 1. The molecule has 0 bridgehead atoms. The van der Waals surface area contributed by atoms with Crippen LogP contribution in [0.3, 0.4) is 0 Å². The van der Waals surface area contributed by atoms with Gasteiger partial charge in [-0.25, -0.2) is 0 Å². The molecule has 0 radical (unpaired) electrons. The highest BCUT2D eigenvalue weighted by molar-refractivity contribution is 7.10. The molecule has 1 amide bonds. The molecule has 1 aromatic heterocycles. The standard InChI is InChI=1S/C15H19NOS/c1-11-13-8-10-18-14(13)7-9-16(11)15(17)12-5-3-2-4-6-12/h2-3,8,10-12H,4-7,9H2,1H3. The van der Waals surface area contributed by atoms with Crippen LogP contribution in [0.1, 0.15) is 42.7 Å². The van der Waals surface area contributed by atoms with Gasteiger partial charge in [-0.2, -0.15) is 0 Å². The molecule has 1 aromatic rings. The van der Waals surface area contributed by atoms with Crippen LogP contribution >= 0.6 is 11.3 Å². The summed E-state index contributed by atoms with van der Waals surface area (Å²) in [6.45, 7) is 3.06. The number of thiophene rings is 1. The zero-order chi connectivity index (χ0) is 12.5. The summed E-state index contributed by atoms with van der Waals surface area (Å²) in [5, 5.41) is 2.15. The fraction of sp³-hybridized carbons (Fsp3) is 0.533. The molecule has 0 aromatic carbocycles. The molecular formula is C15H19NOS. The maximum Gasteiger partial charge on any atom is 0.226 e. The van der Waals surface area contributed by atoms with Crippen LogP contribution in [0.4, 0.5) is 0 Å². The van der Waals surface area contributed by atoms with E-state index in [1.807, 2.05) is 11.3 Å². The van der Waals surface area contributed by atoms with Crippen molar-refractivity contribution in [3.05, 3.63) is 34.0 Å². The Balaban J connectivity index is 1.77. The van der Waals surface area contributed by atoms with Crippen molar-refractivity contribution in [3.63, 3.8) is 0 Å². The number of allylic oxidation sites excluding steroid dienone is 2. The predicted molar refractivity (Wildman–Crippen MR) is 74.6 cm³/mol. The van der Waals surface area contributed by atoms with Gasteiger partial charge >= 0.3 is 0 Å². The number of rotatable bonds is 1. The van der Waals surface area contributed by atoms with Crippen molar-refractivity contribution < 1.29 is 4.79 Å². The minimum atomic E-state index is 0.220. The number of hydrogen-bond acceptors (Lipinski definition) is 2. The molecule has 1 aliphatic carbocycles. The molecule has 3 rings (SSSR count). The van der Waals surface area contributed by atoms with Crippen LogP contribution in [-0.2, 0) is 11.2 Å². The molecular weight excluding hydrogens is 242 g/mol. The molecule has 0 N–H and O–H groups in total. The van der Waals surface area contributed by atoms with E-state index in [2.05, 4.69) is 35.4 Å². The molecule has 2 aliphatic rings. The van der Waals surface area contributed by atoms with E-state index < -0.39 is 0 Å². The monoisotopic (exact) mass is 261 g/mol. The lowest BCUT2D eigenvalue weighted by atomic mass is 9.91. The van der Waals surface area contributed by atoms with Crippen LogP contribution in [0.5, 0.6) is 0 Å². The third-order valence-corrected chi connectivity index (χ3v) is 5.18. The second-order valence-corrected chi connectivity index (χ2v) is 6.24. The van der Waals surface area contributed by atoms with Crippen molar-refractivity contribution in [1.82, 2.24) is 4.90 Å². The smallest absolute Gasteiger partial charge is 0.226 e. The Morgan fingerprint density at radius 2 is 2.33 bits per heavy atom. The van der Waals surface area contributed by atoms with Gasteiger partial charge in [0.15, 0.2) is 0 Å². The Bertz CT molecular complexity index is 477. The first-order valence-corrected chi connectivity index (χ1v) is 7.67. The van der Waals surface area contributed by atoms with E-state index in [9.17, 15) is 4.79 Å². The third-order valence-electron chi connectivity index (χ3n) is 4.18. The molecule has 3 heteroatoms. The molecule has 18 heavy (non-hydrogen) atoms. The molecule has 2 nitrogen and oxygen atoms in total. The van der Waals surface area contributed by atoms with Crippen LogP contribution in [0.15, 0.2) is 23.6 Å². The normalized spacial score (nSPS) is 27.1. The summed E-state index contributed by atoms with van der Waals surface area (Å²) in [7, 11) is 0. The first-order valence-electron chi connectivity index (χ1n) is 6.79. The van der Waals surface area contributed by atoms with Gasteiger partial charge in [-0.1, -0.05) is 12.2 Å². The Morgan fingerprint density at radius 3 is 3.11 bits per heavy atom. The fourth-order valence-corrected chi connectivity index (χ4v) is 4.03. The summed E-state index contributed by atoms with van der Waals surface area (Å²) in [4.78, 5) is 16.2. The highest BCUT2D eigenvalue weighted by Crippen LogP contribution is 2.34. The lowest BCUT2D eigenvalue weighted by Crippen LogP contribution is -2.41. The lowest BCUT2D eigenvalue weighted by Gasteiger charge is -2.36. The number of amides is 1. The van der Waals surface area contributed by atoms with Gasteiger partial charge in [0, 0.05) is 17.3 Å². The van der Waals surface area contributed by atoms with Gasteiger partial charge < -0.3 is 4.90 Å². The molecule has 1 aliphatic heterocycles. The predicted octanol–water partition coefficient (Wildman–Crippen LogP) is 3.55. The van der Waals surface area contributed by atoms with Gasteiger partial charge in [0.2, 0.25) is 5.91 Å². The Morgan fingerprint density at radius 1 is 1.44 bits per heavy atom. The summed E-state index contributed by atoms with van der Waals surface area (Å²) in [5.41, 5.74) is 1.37. The van der Waals surface area contributed by atoms with Crippen molar-refractivity contribution >= 4 is 17.2 Å². The second-order valence-electron chi connectivity index (χ2n) is 5.24. The van der Waals surface area contributed by atoms with Gasteiger partial charge in [-0.05, 0) is 49.6 Å². The summed E-state index contributed by atoms with van der Waals surface area (Å²) in [6.07, 6.45) is 8.40. The largest absolute Gasteiger partial charge is 0.335 e. The minimum Gasteiger partial charge on any atom is -0.335 e. The van der Waals surface area contributed by atoms with Crippen molar-refractivity contribution in [2.75, 3.05) is 6.54 Å². The van der Waals surface area contributed by atoms with Crippen LogP contribution in [0.25, 0.3) is 0 Å². The Labute approximate surface area is 112 Å². The summed E-state index contributed by atoms with van der Waals surface area (Å²) in [5.74, 6) is 0.585. The summed E-state index contributed by atoms with van der Waals surface area (Å²) < 4.78 is 0. The Hall–Kier alpha value is -1.09. The SMILES string of the molecule is CC1c2ccsc2CCN1C(=O)C1CC=CCC1. The van der Waals surface area contributed by atoms with Crippen LogP contribution in [-0.4, -0.2) is 17.4 Å².